The summed E-state index contributed by atoms with van der Waals surface area (Å²) in [5.74, 6) is -0.109. The van der Waals surface area contributed by atoms with Gasteiger partial charge in [-0.05, 0) is 49.6 Å². The average Bonchev–Trinajstić information content (AvgIpc) is 3.10. The second-order valence-corrected chi connectivity index (χ2v) is 9.58. The normalized spacial score (nSPS) is 16.3. The Bertz CT molecular complexity index is 1100. The van der Waals surface area contributed by atoms with Gasteiger partial charge in [-0.15, -0.1) is 12.4 Å². The van der Waals surface area contributed by atoms with Gasteiger partial charge in [0.05, 0.1) is 11.2 Å². The minimum atomic E-state index is -0.298. The highest BCUT2D eigenvalue weighted by molar-refractivity contribution is 5.97. The number of benzene rings is 1. The molecule has 166 valence electrons. The largest absolute Gasteiger partial charge is 0.449 e. The van der Waals surface area contributed by atoms with E-state index in [4.69, 9.17) is 9.40 Å². The van der Waals surface area contributed by atoms with Crippen molar-refractivity contribution in [3.05, 3.63) is 53.5 Å². The lowest BCUT2D eigenvalue weighted by Crippen LogP contribution is -2.59. The van der Waals surface area contributed by atoms with Gasteiger partial charge in [0.2, 0.25) is 0 Å². The van der Waals surface area contributed by atoms with Crippen LogP contribution >= 0.6 is 12.4 Å². The molecule has 1 N–H and O–H groups in total. The first-order chi connectivity index (χ1) is 14.1. The first-order valence-electron chi connectivity index (χ1n) is 10.3. The number of nitrogens with zero attached hydrogens (tertiary/aromatic N) is 2. The highest BCUT2D eigenvalue weighted by Crippen LogP contribution is 2.35. The zero-order chi connectivity index (χ0) is 21.7. The molecular formula is C24H29ClFN3O2. The molecule has 0 spiro atoms. The van der Waals surface area contributed by atoms with Crippen LogP contribution in [-0.2, 0) is 5.41 Å². The van der Waals surface area contributed by atoms with Gasteiger partial charge < -0.3 is 14.6 Å². The van der Waals surface area contributed by atoms with Crippen molar-refractivity contribution in [3.8, 4) is 11.3 Å². The van der Waals surface area contributed by atoms with Crippen molar-refractivity contribution in [2.75, 3.05) is 19.6 Å². The number of aromatic nitrogens is 1. The van der Waals surface area contributed by atoms with Gasteiger partial charge in [0.1, 0.15) is 11.3 Å². The summed E-state index contributed by atoms with van der Waals surface area (Å²) >= 11 is 0. The van der Waals surface area contributed by atoms with Gasteiger partial charge in [-0.3, -0.25) is 4.79 Å². The third-order valence-electron chi connectivity index (χ3n) is 5.68. The van der Waals surface area contributed by atoms with Crippen molar-refractivity contribution in [1.82, 2.24) is 15.2 Å². The van der Waals surface area contributed by atoms with Crippen LogP contribution in [0.15, 0.2) is 40.8 Å². The Hall–Kier alpha value is -2.44. The molecule has 1 aliphatic rings. The van der Waals surface area contributed by atoms with Gasteiger partial charge in [-0.2, -0.15) is 0 Å². The molecule has 1 amide bonds. The maximum atomic E-state index is 13.4. The van der Waals surface area contributed by atoms with Crippen molar-refractivity contribution in [1.29, 1.82) is 0 Å². The van der Waals surface area contributed by atoms with Crippen LogP contribution in [0.2, 0.25) is 0 Å². The molecule has 5 nitrogen and oxygen atoms in total. The number of halogens is 2. The van der Waals surface area contributed by atoms with E-state index in [1.165, 1.54) is 12.1 Å². The monoisotopic (exact) mass is 445 g/mol. The molecule has 0 saturated carbocycles. The van der Waals surface area contributed by atoms with Crippen LogP contribution in [0.4, 0.5) is 4.39 Å². The van der Waals surface area contributed by atoms with Crippen molar-refractivity contribution in [3.63, 3.8) is 0 Å². The fraction of sp³-hybridized carbons (Fsp3) is 0.417. The van der Waals surface area contributed by atoms with Crippen LogP contribution in [-0.4, -0.2) is 41.0 Å². The van der Waals surface area contributed by atoms with Crippen LogP contribution in [0.5, 0.6) is 0 Å². The second kappa shape index (κ2) is 8.24. The molecule has 0 radical (unpaired) electrons. The molecule has 31 heavy (non-hydrogen) atoms. The van der Waals surface area contributed by atoms with Gasteiger partial charge in [0, 0.05) is 36.8 Å². The minimum Gasteiger partial charge on any atom is -0.449 e. The summed E-state index contributed by atoms with van der Waals surface area (Å²) in [5, 5.41) is 3.33. The Labute approximate surface area is 188 Å². The summed E-state index contributed by atoms with van der Waals surface area (Å²) in [6.45, 7) is 12.5. The van der Waals surface area contributed by atoms with E-state index < -0.39 is 0 Å². The van der Waals surface area contributed by atoms with Crippen molar-refractivity contribution < 1.29 is 13.6 Å². The Morgan fingerprint density at radius 1 is 1.19 bits per heavy atom. The quantitative estimate of drug-likeness (QED) is 0.590. The smallest absolute Gasteiger partial charge is 0.290 e. The molecule has 0 aliphatic carbocycles. The molecule has 1 fully saturated rings. The maximum absolute atomic E-state index is 13.4. The number of hydrogen-bond donors (Lipinski definition) is 1. The summed E-state index contributed by atoms with van der Waals surface area (Å²) in [4.78, 5) is 19.9. The lowest BCUT2D eigenvalue weighted by atomic mass is 9.86. The maximum Gasteiger partial charge on any atom is 0.290 e. The van der Waals surface area contributed by atoms with Crippen molar-refractivity contribution in [2.45, 2.75) is 45.6 Å². The number of carbonyl (C=O) groups is 1. The highest BCUT2D eigenvalue weighted by atomic mass is 35.5. The Morgan fingerprint density at radius 3 is 2.48 bits per heavy atom. The number of furan rings is 1. The zero-order valence-electron chi connectivity index (χ0n) is 18.6. The lowest BCUT2D eigenvalue weighted by Gasteiger charge is -2.42. The Balaban J connectivity index is 0.00000272. The fourth-order valence-electron chi connectivity index (χ4n) is 3.95. The summed E-state index contributed by atoms with van der Waals surface area (Å²) in [5.41, 5.74) is 3.26. The molecule has 2 aromatic heterocycles. The topological polar surface area (TPSA) is 58.4 Å². The number of pyridine rings is 1. The van der Waals surface area contributed by atoms with E-state index in [2.05, 4.69) is 26.1 Å². The van der Waals surface area contributed by atoms with Crippen molar-refractivity contribution in [2.24, 2.45) is 0 Å². The van der Waals surface area contributed by atoms with Crippen LogP contribution < -0.4 is 5.32 Å². The average molecular weight is 446 g/mol. The number of fused-ring (bicyclic) bond motifs is 1. The standard InChI is InChI=1S/C24H28FN3O2.ClH/c1-23(2,3)17-12-18(15-6-8-16(25)9-7-15)27-19-13-20(30-21(17)19)22(29)28-11-10-26-14-24(28,4)5;/h6-9,12-13,26H,10-11,14H2,1-5H3;1H. The van der Waals surface area contributed by atoms with E-state index in [0.29, 0.717) is 23.4 Å². The number of rotatable bonds is 2. The third-order valence-corrected chi connectivity index (χ3v) is 5.68. The van der Waals surface area contributed by atoms with E-state index in [0.717, 1.165) is 29.9 Å². The van der Waals surface area contributed by atoms with Gasteiger partial charge >= 0.3 is 0 Å². The van der Waals surface area contributed by atoms with Crippen LogP contribution in [0, 0.1) is 5.82 Å². The molecule has 3 aromatic rings. The molecule has 1 saturated heterocycles. The first-order valence-corrected chi connectivity index (χ1v) is 10.3. The molecule has 3 heterocycles. The molecule has 4 rings (SSSR count). The summed E-state index contributed by atoms with van der Waals surface area (Å²) < 4.78 is 19.5. The Morgan fingerprint density at radius 2 is 1.87 bits per heavy atom. The molecule has 0 unspecified atom stereocenters. The van der Waals surface area contributed by atoms with Crippen molar-refractivity contribution >= 4 is 29.4 Å². The molecule has 0 bridgehead atoms. The second-order valence-electron chi connectivity index (χ2n) is 9.58. The predicted octanol–water partition coefficient (Wildman–Crippen LogP) is 5.18. The van der Waals surface area contributed by atoms with E-state index in [1.807, 2.05) is 24.8 Å². The molecular weight excluding hydrogens is 417 g/mol. The molecule has 0 atom stereocenters. The van der Waals surface area contributed by atoms with E-state index in [9.17, 15) is 9.18 Å². The van der Waals surface area contributed by atoms with Crippen LogP contribution in [0.25, 0.3) is 22.4 Å². The summed E-state index contributed by atoms with van der Waals surface area (Å²) in [7, 11) is 0. The lowest BCUT2D eigenvalue weighted by molar-refractivity contribution is 0.0448. The predicted molar refractivity (Wildman–Crippen MR) is 123 cm³/mol. The highest BCUT2D eigenvalue weighted by Gasteiger charge is 2.35. The van der Waals surface area contributed by atoms with Gasteiger partial charge in [-0.25, -0.2) is 9.37 Å². The van der Waals surface area contributed by atoms with E-state index >= 15 is 0 Å². The zero-order valence-corrected chi connectivity index (χ0v) is 19.4. The van der Waals surface area contributed by atoms with E-state index in [1.54, 1.807) is 18.2 Å². The molecule has 1 aliphatic heterocycles. The number of piperazine rings is 1. The fourth-order valence-corrected chi connectivity index (χ4v) is 3.95. The summed E-state index contributed by atoms with van der Waals surface area (Å²) in [6.07, 6.45) is 0. The summed E-state index contributed by atoms with van der Waals surface area (Å²) in [6, 6.07) is 9.99. The molecule has 7 heteroatoms. The minimum absolute atomic E-state index is 0. The number of nitrogens with one attached hydrogen (secondary N) is 1. The van der Waals surface area contributed by atoms with Gasteiger partial charge in [-0.1, -0.05) is 20.8 Å². The molecule has 1 aromatic carbocycles. The number of hydrogen-bond acceptors (Lipinski definition) is 4. The van der Waals surface area contributed by atoms with Gasteiger partial charge in [0.15, 0.2) is 11.3 Å². The van der Waals surface area contributed by atoms with Crippen LogP contribution in [0.1, 0.15) is 50.7 Å². The number of carbonyl (C=O) groups excluding carboxylic acids is 1. The number of amides is 1. The third kappa shape index (κ3) is 4.46. The van der Waals surface area contributed by atoms with E-state index in [-0.39, 0.29) is 35.1 Å². The van der Waals surface area contributed by atoms with Crippen LogP contribution in [0.3, 0.4) is 0 Å². The first kappa shape index (κ1) is 23.2. The van der Waals surface area contributed by atoms with Gasteiger partial charge in [0.25, 0.3) is 5.91 Å². The Kier molecular flexibility index (Phi) is 6.18. The SMILES string of the molecule is CC(C)(C)c1cc(-c2ccc(F)cc2)nc2cc(C(=O)N3CCNCC3(C)C)oc12.Cl.